The highest BCUT2D eigenvalue weighted by Gasteiger charge is 2.25. The van der Waals surface area contributed by atoms with Gasteiger partial charge in [0.2, 0.25) is 5.91 Å². The Balaban J connectivity index is 1.55. The first-order valence-electron chi connectivity index (χ1n) is 8.21. The van der Waals surface area contributed by atoms with E-state index in [4.69, 9.17) is 0 Å². The van der Waals surface area contributed by atoms with Crippen LogP contribution < -0.4 is 5.56 Å². The van der Waals surface area contributed by atoms with Gasteiger partial charge < -0.3 is 4.90 Å². The predicted molar refractivity (Wildman–Crippen MR) is 91.7 cm³/mol. The highest BCUT2D eigenvalue weighted by molar-refractivity contribution is 5.79. The number of carbonyl (C=O) groups excluding carboxylic acids is 1. The van der Waals surface area contributed by atoms with E-state index in [0.717, 1.165) is 23.5 Å². The van der Waals surface area contributed by atoms with Crippen LogP contribution in [0.4, 0.5) is 0 Å². The van der Waals surface area contributed by atoms with Gasteiger partial charge in [0, 0.05) is 24.7 Å². The van der Waals surface area contributed by atoms with Crippen LogP contribution in [-0.2, 0) is 30.8 Å². The van der Waals surface area contributed by atoms with Crippen molar-refractivity contribution < 1.29 is 4.79 Å². The molecule has 0 atom stereocenters. The molecule has 0 N–H and O–H groups in total. The van der Waals surface area contributed by atoms with Gasteiger partial charge >= 0.3 is 0 Å². The summed E-state index contributed by atoms with van der Waals surface area (Å²) in [6.07, 6.45) is 3.98. The van der Waals surface area contributed by atoms with Crippen LogP contribution in [0.3, 0.4) is 0 Å². The average Bonchev–Trinajstić information content (AvgIpc) is 3.07. The van der Waals surface area contributed by atoms with Gasteiger partial charge in [-0.05, 0) is 12.1 Å². The van der Waals surface area contributed by atoms with Crippen molar-refractivity contribution in [2.24, 2.45) is 0 Å². The van der Waals surface area contributed by atoms with Crippen molar-refractivity contribution in [3.63, 3.8) is 0 Å². The summed E-state index contributed by atoms with van der Waals surface area (Å²) >= 11 is 0. The lowest BCUT2D eigenvalue weighted by Crippen LogP contribution is -2.33. The smallest absolute Gasteiger partial charge is 0.261 e. The van der Waals surface area contributed by atoms with Gasteiger partial charge in [-0.3, -0.25) is 14.2 Å². The Hall–Kier alpha value is -3.09. The van der Waals surface area contributed by atoms with E-state index in [1.54, 1.807) is 29.3 Å². The van der Waals surface area contributed by atoms with Crippen LogP contribution in [0.1, 0.15) is 24.0 Å². The van der Waals surface area contributed by atoms with Crippen molar-refractivity contribution in [3.05, 3.63) is 64.2 Å². The van der Waals surface area contributed by atoms with Gasteiger partial charge in [0.15, 0.2) is 0 Å². The van der Waals surface area contributed by atoms with Gasteiger partial charge in [-0.1, -0.05) is 19.1 Å². The van der Waals surface area contributed by atoms with Crippen LogP contribution in [0.2, 0.25) is 0 Å². The van der Waals surface area contributed by atoms with Gasteiger partial charge in [-0.15, -0.1) is 0 Å². The number of amides is 1. The number of aryl methyl sites for hydroxylation is 1. The summed E-state index contributed by atoms with van der Waals surface area (Å²) in [6, 6.07) is 7.12. The number of rotatable bonds is 3. The molecule has 3 aromatic rings. The van der Waals surface area contributed by atoms with Crippen LogP contribution in [-0.4, -0.2) is 30.3 Å². The monoisotopic (exact) mass is 335 g/mol. The maximum absolute atomic E-state index is 12.6. The minimum Gasteiger partial charge on any atom is -0.331 e. The summed E-state index contributed by atoms with van der Waals surface area (Å²) in [5.41, 5.74) is 2.29. The highest BCUT2D eigenvalue weighted by atomic mass is 16.2. The zero-order valence-electron chi connectivity index (χ0n) is 13.8. The van der Waals surface area contributed by atoms with Crippen molar-refractivity contribution in [2.45, 2.75) is 33.0 Å². The lowest BCUT2D eigenvalue weighted by Gasteiger charge is -2.15. The molecular weight excluding hydrogens is 318 g/mol. The Morgan fingerprint density at radius 2 is 2.04 bits per heavy atom. The highest BCUT2D eigenvalue weighted by Crippen LogP contribution is 2.20. The molecule has 0 radical (unpaired) electrons. The number of aromatic nitrogens is 4. The third-order valence-electron chi connectivity index (χ3n) is 4.41. The number of para-hydroxylation sites is 1. The molecule has 1 aliphatic rings. The quantitative estimate of drug-likeness (QED) is 0.720. The van der Waals surface area contributed by atoms with Gasteiger partial charge in [0.1, 0.15) is 12.4 Å². The molecule has 1 amide bonds. The second-order valence-electron chi connectivity index (χ2n) is 6.06. The number of carbonyl (C=O) groups is 1. The minimum atomic E-state index is -0.205. The molecule has 0 spiro atoms. The molecule has 126 valence electrons. The van der Waals surface area contributed by atoms with Crippen molar-refractivity contribution in [1.82, 2.24) is 24.4 Å². The molecule has 2 aromatic heterocycles. The summed E-state index contributed by atoms with van der Waals surface area (Å²) in [4.78, 5) is 39.8. The zero-order valence-corrected chi connectivity index (χ0v) is 13.8. The summed E-state index contributed by atoms with van der Waals surface area (Å²) in [7, 11) is 0. The molecule has 1 aliphatic heterocycles. The van der Waals surface area contributed by atoms with Crippen LogP contribution in [0, 0.1) is 0 Å². The first kappa shape index (κ1) is 15.4. The van der Waals surface area contributed by atoms with Crippen molar-refractivity contribution in [3.8, 4) is 0 Å². The summed E-state index contributed by atoms with van der Waals surface area (Å²) in [5.74, 6) is 0.651. The maximum Gasteiger partial charge on any atom is 0.261 e. The van der Waals surface area contributed by atoms with E-state index < -0.39 is 0 Å². The summed E-state index contributed by atoms with van der Waals surface area (Å²) in [5, 5.41) is 0.515. The Kier molecular flexibility index (Phi) is 3.76. The first-order chi connectivity index (χ1) is 12.2. The Morgan fingerprint density at radius 3 is 2.88 bits per heavy atom. The molecule has 0 bridgehead atoms. The number of hydrogen-bond acceptors (Lipinski definition) is 5. The van der Waals surface area contributed by atoms with Gasteiger partial charge in [-0.2, -0.15) is 0 Å². The topological polar surface area (TPSA) is 81.0 Å². The molecule has 7 nitrogen and oxygen atoms in total. The van der Waals surface area contributed by atoms with Gasteiger partial charge in [0.25, 0.3) is 5.56 Å². The number of benzene rings is 1. The Morgan fingerprint density at radius 1 is 1.20 bits per heavy atom. The van der Waals surface area contributed by atoms with E-state index in [1.807, 2.05) is 13.0 Å². The fourth-order valence-corrected chi connectivity index (χ4v) is 3.01. The van der Waals surface area contributed by atoms with Gasteiger partial charge in [-0.25, -0.2) is 15.0 Å². The second kappa shape index (κ2) is 6.08. The number of hydrogen-bond donors (Lipinski definition) is 0. The average molecular weight is 335 g/mol. The van der Waals surface area contributed by atoms with Crippen LogP contribution in [0.15, 0.2) is 41.6 Å². The summed E-state index contributed by atoms with van der Waals surface area (Å²) in [6.45, 7) is 2.91. The molecule has 0 saturated carbocycles. The van der Waals surface area contributed by atoms with Crippen molar-refractivity contribution in [2.75, 3.05) is 0 Å². The predicted octanol–water partition coefficient (Wildman–Crippen LogP) is 1.29. The van der Waals surface area contributed by atoms with E-state index in [-0.39, 0.29) is 18.0 Å². The maximum atomic E-state index is 12.6. The molecule has 4 rings (SSSR count). The number of nitrogens with zero attached hydrogens (tertiary/aromatic N) is 5. The Labute approximate surface area is 144 Å². The molecule has 3 heterocycles. The fraction of sp³-hybridized carbons (Fsp3) is 0.278. The van der Waals surface area contributed by atoms with E-state index in [1.165, 1.54) is 10.9 Å². The van der Waals surface area contributed by atoms with Crippen LogP contribution >= 0.6 is 0 Å². The standard InChI is InChI=1S/C18H17N5O2/c1-2-16-19-7-12-8-22(9-15(12)21-16)17(24)10-23-11-20-14-6-4-3-5-13(14)18(23)25/h3-7,11H,2,8-10H2,1H3. The normalized spacial score (nSPS) is 13.2. The van der Waals surface area contributed by atoms with E-state index >= 15 is 0 Å². The van der Waals surface area contributed by atoms with Crippen molar-refractivity contribution >= 4 is 16.8 Å². The number of fused-ring (bicyclic) bond motifs is 2. The largest absolute Gasteiger partial charge is 0.331 e. The molecule has 0 unspecified atom stereocenters. The Bertz CT molecular complexity index is 1030. The lowest BCUT2D eigenvalue weighted by atomic mass is 10.2. The summed E-state index contributed by atoms with van der Waals surface area (Å²) < 4.78 is 1.36. The van der Waals surface area contributed by atoms with E-state index in [9.17, 15) is 9.59 Å². The van der Waals surface area contributed by atoms with E-state index in [0.29, 0.717) is 24.0 Å². The second-order valence-corrected chi connectivity index (χ2v) is 6.06. The van der Waals surface area contributed by atoms with Crippen LogP contribution in [0.25, 0.3) is 10.9 Å². The third kappa shape index (κ3) is 2.77. The third-order valence-corrected chi connectivity index (χ3v) is 4.41. The SMILES string of the molecule is CCc1ncc2c(n1)CN(C(=O)Cn1cnc3ccccc3c1=O)C2. The molecule has 0 aliphatic carbocycles. The fourth-order valence-electron chi connectivity index (χ4n) is 3.01. The molecule has 0 saturated heterocycles. The molecule has 1 aromatic carbocycles. The molecule has 25 heavy (non-hydrogen) atoms. The van der Waals surface area contributed by atoms with Gasteiger partial charge in [0.05, 0.1) is 29.5 Å². The van der Waals surface area contributed by atoms with E-state index in [2.05, 4.69) is 15.0 Å². The molecule has 7 heteroatoms. The molecule has 0 fully saturated rings. The first-order valence-corrected chi connectivity index (χ1v) is 8.21. The minimum absolute atomic E-state index is 0.0290. The molecular formula is C18H17N5O2. The zero-order chi connectivity index (χ0) is 17.4. The lowest BCUT2D eigenvalue weighted by molar-refractivity contribution is -0.132. The van der Waals surface area contributed by atoms with Crippen molar-refractivity contribution in [1.29, 1.82) is 0 Å². The van der Waals surface area contributed by atoms with Crippen LogP contribution in [0.5, 0.6) is 0 Å².